The van der Waals surface area contributed by atoms with Crippen molar-refractivity contribution < 1.29 is 0 Å². The van der Waals surface area contributed by atoms with Gasteiger partial charge in [-0.05, 0) is 36.1 Å². The summed E-state index contributed by atoms with van der Waals surface area (Å²) < 4.78 is 1.05. The van der Waals surface area contributed by atoms with E-state index in [0.717, 1.165) is 22.0 Å². The van der Waals surface area contributed by atoms with Crippen molar-refractivity contribution in [3.05, 3.63) is 69.7 Å². The molecule has 0 heterocycles. The van der Waals surface area contributed by atoms with Crippen LogP contribution < -0.4 is 5.73 Å². The van der Waals surface area contributed by atoms with E-state index >= 15 is 0 Å². The first-order valence-corrected chi connectivity index (χ1v) is 6.98. The zero-order valence-corrected chi connectivity index (χ0v) is 12.4. The highest BCUT2D eigenvalue weighted by Gasteiger charge is 2.25. The highest BCUT2D eigenvalue weighted by atomic mass is 79.9. The topological polar surface area (TPSA) is 26.0 Å². The number of halogens is 1. The number of benzene rings is 2. The quantitative estimate of drug-likeness (QED) is 0.902. The van der Waals surface area contributed by atoms with Gasteiger partial charge in [0.1, 0.15) is 0 Å². The van der Waals surface area contributed by atoms with E-state index in [-0.39, 0.29) is 0 Å². The fraction of sp³-hybridized carbons (Fsp3) is 0.250. The minimum absolute atomic E-state index is 0.480. The van der Waals surface area contributed by atoms with Gasteiger partial charge in [0.2, 0.25) is 0 Å². The smallest absolute Gasteiger partial charge is 0.0647 e. The molecule has 94 valence electrons. The minimum atomic E-state index is -0.480. The molecule has 2 heteroatoms. The Morgan fingerprint density at radius 3 is 2.22 bits per heavy atom. The maximum absolute atomic E-state index is 6.52. The molecule has 1 nitrogen and oxygen atoms in total. The van der Waals surface area contributed by atoms with E-state index in [9.17, 15) is 0 Å². The maximum Gasteiger partial charge on any atom is 0.0647 e. The normalized spacial score (nSPS) is 14.2. The van der Waals surface area contributed by atoms with E-state index in [4.69, 9.17) is 5.73 Å². The van der Waals surface area contributed by atoms with Gasteiger partial charge in [0.25, 0.3) is 0 Å². The zero-order chi connectivity index (χ0) is 13.2. The molecule has 0 bridgehead atoms. The Balaban J connectivity index is 2.44. The first-order chi connectivity index (χ1) is 8.55. The highest BCUT2D eigenvalue weighted by molar-refractivity contribution is 9.10. The van der Waals surface area contributed by atoms with Crippen LogP contribution in [0, 0.1) is 0 Å². The maximum atomic E-state index is 6.52. The van der Waals surface area contributed by atoms with Crippen LogP contribution in [0.4, 0.5) is 0 Å². The van der Waals surface area contributed by atoms with Crippen molar-refractivity contribution in [1.82, 2.24) is 0 Å². The predicted octanol–water partition coefficient (Wildman–Crippen LogP) is 4.23. The van der Waals surface area contributed by atoms with Crippen molar-refractivity contribution in [3.63, 3.8) is 0 Å². The second kappa shape index (κ2) is 5.25. The molecule has 0 aliphatic heterocycles. The summed E-state index contributed by atoms with van der Waals surface area (Å²) in [5.41, 5.74) is 9.61. The molecule has 0 aliphatic rings. The van der Waals surface area contributed by atoms with Crippen LogP contribution in [0.5, 0.6) is 0 Å². The van der Waals surface area contributed by atoms with E-state index in [1.54, 1.807) is 0 Å². The number of hydrogen-bond donors (Lipinski definition) is 1. The molecule has 0 amide bonds. The number of rotatable bonds is 3. The third kappa shape index (κ3) is 2.50. The van der Waals surface area contributed by atoms with Crippen molar-refractivity contribution >= 4 is 15.9 Å². The standard InChI is InChI=1S/C16H18BrN/c1-3-12-8-10-13(11-9-12)16(2,18)14-6-4-5-7-15(14)17/h4-11H,3,18H2,1-2H3. The Labute approximate surface area is 117 Å². The van der Waals surface area contributed by atoms with E-state index in [2.05, 4.69) is 53.2 Å². The van der Waals surface area contributed by atoms with E-state index in [1.807, 2.05) is 25.1 Å². The minimum Gasteiger partial charge on any atom is -0.318 e. The van der Waals surface area contributed by atoms with Gasteiger partial charge in [-0.25, -0.2) is 0 Å². The van der Waals surface area contributed by atoms with Crippen LogP contribution in [-0.2, 0) is 12.0 Å². The molecule has 2 rings (SSSR count). The number of aryl methyl sites for hydroxylation is 1. The van der Waals surface area contributed by atoms with Gasteiger partial charge in [-0.2, -0.15) is 0 Å². The van der Waals surface area contributed by atoms with Crippen molar-refractivity contribution in [3.8, 4) is 0 Å². The van der Waals surface area contributed by atoms with Gasteiger partial charge in [-0.3, -0.25) is 0 Å². The molecule has 0 saturated carbocycles. The third-order valence-electron chi connectivity index (χ3n) is 3.40. The molecule has 0 radical (unpaired) electrons. The average Bonchev–Trinajstić information content (AvgIpc) is 2.39. The Bertz CT molecular complexity index is 529. The summed E-state index contributed by atoms with van der Waals surface area (Å²) in [5.74, 6) is 0. The fourth-order valence-corrected chi connectivity index (χ4v) is 2.82. The van der Waals surface area contributed by atoms with Crippen LogP contribution in [0.25, 0.3) is 0 Å². The van der Waals surface area contributed by atoms with Gasteiger partial charge >= 0.3 is 0 Å². The van der Waals surface area contributed by atoms with Crippen molar-refractivity contribution in [2.75, 3.05) is 0 Å². The lowest BCUT2D eigenvalue weighted by molar-refractivity contribution is 0.600. The number of nitrogens with two attached hydrogens (primary N) is 1. The summed E-state index contributed by atoms with van der Waals surface area (Å²) in [6.45, 7) is 4.21. The predicted molar refractivity (Wildman–Crippen MR) is 80.6 cm³/mol. The zero-order valence-electron chi connectivity index (χ0n) is 10.8. The molecule has 0 aliphatic carbocycles. The van der Waals surface area contributed by atoms with Gasteiger partial charge in [0.05, 0.1) is 5.54 Å². The van der Waals surface area contributed by atoms with Crippen LogP contribution in [0.15, 0.2) is 53.0 Å². The average molecular weight is 304 g/mol. The first-order valence-electron chi connectivity index (χ1n) is 6.19. The lowest BCUT2D eigenvalue weighted by Crippen LogP contribution is -2.34. The fourth-order valence-electron chi connectivity index (χ4n) is 2.12. The molecular formula is C16H18BrN. The van der Waals surface area contributed by atoms with Gasteiger partial charge in [-0.1, -0.05) is 65.3 Å². The largest absolute Gasteiger partial charge is 0.318 e. The van der Waals surface area contributed by atoms with Gasteiger partial charge in [0.15, 0.2) is 0 Å². The van der Waals surface area contributed by atoms with Crippen LogP contribution in [-0.4, -0.2) is 0 Å². The van der Waals surface area contributed by atoms with Crippen molar-refractivity contribution in [2.45, 2.75) is 25.8 Å². The van der Waals surface area contributed by atoms with E-state index in [0.29, 0.717) is 0 Å². The molecule has 2 N–H and O–H groups in total. The molecule has 2 aromatic carbocycles. The Kier molecular flexibility index (Phi) is 3.88. The summed E-state index contributed by atoms with van der Waals surface area (Å²) >= 11 is 3.58. The summed E-state index contributed by atoms with van der Waals surface area (Å²) in [4.78, 5) is 0. The van der Waals surface area contributed by atoms with Crippen molar-refractivity contribution in [1.29, 1.82) is 0 Å². The molecule has 1 atom stereocenters. The molecule has 0 aromatic heterocycles. The van der Waals surface area contributed by atoms with Crippen LogP contribution in [0.1, 0.15) is 30.5 Å². The number of hydrogen-bond acceptors (Lipinski definition) is 1. The van der Waals surface area contributed by atoms with Gasteiger partial charge in [-0.15, -0.1) is 0 Å². The first kappa shape index (κ1) is 13.3. The van der Waals surface area contributed by atoms with Crippen molar-refractivity contribution in [2.24, 2.45) is 5.73 Å². The lowest BCUT2D eigenvalue weighted by Gasteiger charge is -2.27. The summed E-state index contributed by atoms with van der Waals surface area (Å²) in [7, 11) is 0. The molecule has 2 aromatic rings. The van der Waals surface area contributed by atoms with Crippen LogP contribution >= 0.6 is 15.9 Å². The second-order valence-electron chi connectivity index (χ2n) is 4.73. The van der Waals surface area contributed by atoms with E-state index in [1.165, 1.54) is 5.56 Å². The van der Waals surface area contributed by atoms with Gasteiger partial charge in [0, 0.05) is 4.47 Å². The lowest BCUT2D eigenvalue weighted by atomic mass is 9.85. The molecule has 1 unspecified atom stereocenters. The molecule has 0 fully saturated rings. The molecular weight excluding hydrogens is 286 g/mol. The highest BCUT2D eigenvalue weighted by Crippen LogP contribution is 2.31. The van der Waals surface area contributed by atoms with Crippen LogP contribution in [0.2, 0.25) is 0 Å². The summed E-state index contributed by atoms with van der Waals surface area (Å²) in [6.07, 6.45) is 1.05. The Hall–Kier alpha value is -1.12. The Morgan fingerprint density at radius 1 is 1.06 bits per heavy atom. The Morgan fingerprint density at radius 2 is 1.67 bits per heavy atom. The van der Waals surface area contributed by atoms with Crippen LogP contribution in [0.3, 0.4) is 0 Å². The second-order valence-corrected chi connectivity index (χ2v) is 5.59. The molecule has 0 spiro atoms. The van der Waals surface area contributed by atoms with E-state index < -0.39 is 5.54 Å². The van der Waals surface area contributed by atoms with Gasteiger partial charge < -0.3 is 5.73 Å². The third-order valence-corrected chi connectivity index (χ3v) is 4.09. The summed E-state index contributed by atoms with van der Waals surface area (Å²) in [5, 5.41) is 0. The monoisotopic (exact) mass is 303 g/mol. The molecule has 0 saturated heterocycles. The molecule has 18 heavy (non-hydrogen) atoms. The summed E-state index contributed by atoms with van der Waals surface area (Å²) in [6, 6.07) is 16.7. The SMILES string of the molecule is CCc1ccc(C(C)(N)c2ccccc2Br)cc1.